The first-order valence-electron chi connectivity index (χ1n) is 13.3. The van der Waals surface area contributed by atoms with Gasteiger partial charge in [-0.2, -0.15) is 0 Å². The molecular formula is C30H51NO2. The first-order chi connectivity index (χ1) is 15.6. The number of nitrogens with zero attached hydrogens (tertiary/aromatic N) is 1. The minimum atomic E-state index is -0.0522. The molecular weight excluding hydrogens is 406 g/mol. The third-order valence-corrected chi connectivity index (χ3v) is 8.15. The number of hydrogen-bond donors (Lipinski definition) is 0. The molecule has 0 bridgehead atoms. The first-order valence-corrected chi connectivity index (χ1v) is 13.3. The fourth-order valence-corrected chi connectivity index (χ4v) is 5.18. The van der Waals surface area contributed by atoms with E-state index in [-0.39, 0.29) is 30.2 Å². The Hall–Kier alpha value is -1.16. The molecule has 6 unspecified atom stereocenters. The molecule has 3 heteroatoms. The van der Waals surface area contributed by atoms with E-state index in [4.69, 9.17) is 9.47 Å². The van der Waals surface area contributed by atoms with Crippen molar-refractivity contribution in [2.45, 2.75) is 130 Å². The highest BCUT2D eigenvalue weighted by atomic mass is 16.6. The van der Waals surface area contributed by atoms with Gasteiger partial charge in [-0.1, -0.05) is 49.3 Å². The summed E-state index contributed by atoms with van der Waals surface area (Å²) in [6, 6.07) is 0. The summed E-state index contributed by atoms with van der Waals surface area (Å²) >= 11 is 0. The average Bonchev–Trinajstić information content (AvgIpc) is 3.20. The van der Waals surface area contributed by atoms with Crippen molar-refractivity contribution in [3.8, 4) is 0 Å². The molecule has 2 aliphatic heterocycles. The van der Waals surface area contributed by atoms with Crippen LogP contribution < -0.4 is 0 Å². The smallest absolute Gasteiger partial charge is 0.113 e. The lowest BCUT2D eigenvalue weighted by molar-refractivity contribution is -0.0862. The van der Waals surface area contributed by atoms with Crippen LogP contribution in [-0.4, -0.2) is 35.1 Å². The summed E-state index contributed by atoms with van der Waals surface area (Å²) in [5.41, 5.74) is 2.88. The number of allylic oxidation sites excluding steroid dienone is 6. The molecule has 0 amide bonds. The van der Waals surface area contributed by atoms with E-state index in [9.17, 15) is 0 Å². The maximum absolute atomic E-state index is 6.53. The van der Waals surface area contributed by atoms with Gasteiger partial charge in [-0.15, -0.1) is 13.2 Å². The summed E-state index contributed by atoms with van der Waals surface area (Å²) in [7, 11) is 0. The van der Waals surface area contributed by atoms with Crippen LogP contribution in [0.5, 0.6) is 0 Å². The van der Waals surface area contributed by atoms with Gasteiger partial charge in [0.05, 0.1) is 17.7 Å². The van der Waals surface area contributed by atoms with Gasteiger partial charge in [-0.25, -0.2) is 4.90 Å². The summed E-state index contributed by atoms with van der Waals surface area (Å²) in [6.07, 6.45) is 18.3. The normalized spacial score (nSPS) is 32.6. The predicted octanol–water partition coefficient (Wildman–Crippen LogP) is 8.19. The standard InChI is InChI=1S/C30H51NO2/c1-10-22(3)14-12-16-24(5)18-20-28-31-29(33-27(8)30(31,9)26(7)32-28)21-19-25(6)17-13-15-23(4)11-2/h10-11,16-17,22-23,26-29H,1-2,12-15,18-21H2,3-9H3/b24-16+,25-17+. The van der Waals surface area contributed by atoms with Gasteiger partial charge in [0, 0.05) is 0 Å². The van der Waals surface area contributed by atoms with E-state index in [1.54, 1.807) is 0 Å². The molecule has 0 spiro atoms. The molecule has 2 heterocycles. The topological polar surface area (TPSA) is 21.7 Å². The van der Waals surface area contributed by atoms with Crippen molar-refractivity contribution in [1.82, 2.24) is 4.90 Å². The predicted molar refractivity (Wildman–Crippen MR) is 142 cm³/mol. The van der Waals surface area contributed by atoms with Crippen LogP contribution in [0, 0.1) is 11.8 Å². The molecule has 2 saturated heterocycles. The summed E-state index contributed by atoms with van der Waals surface area (Å²) in [6.45, 7) is 23.6. The Morgan fingerprint density at radius 3 is 1.61 bits per heavy atom. The van der Waals surface area contributed by atoms with Gasteiger partial charge in [0.15, 0.2) is 0 Å². The highest BCUT2D eigenvalue weighted by Crippen LogP contribution is 2.46. The molecule has 2 aliphatic rings. The minimum absolute atomic E-state index is 0.0522. The lowest BCUT2D eigenvalue weighted by Crippen LogP contribution is -2.51. The molecule has 0 saturated carbocycles. The van der Waals surface area contributed by atoms with E-state index in [1.165, 1.54) is 24.0 Å². The van der Waals surface area contributed by atoms with E-state index in [0.717, 1.165) is 38.5 Å². The first kappa shape index (κ1) is 28.1. The highest BCUT2D eigenvalue weighted by Gasteiger charge is 2.60. The Balaban J connectivity index is 1.95. The zero-order valence-electron chi connectivity index (χ0n) is 22.6. The van der Waals surface area contributed by atoms with Gasteiger partial charge in [-0.05, 0) is 97.8 Å². The number of fused-ring (bicyclic) bond motifs is 1. The second-order valence-corrected chi connectivity index (χ2v) is 10.9. The fraction of sp³-hybridized carbons (Fsp3) is 0.733. The molecule has 33 heavy (non-hydrogen) atoms. The van der Waals surface area contributed by atoms with Gasteiger partial charge in [0.1, 0.15) is 12.5 Å². The van der Waals surface area contributed by atoms with Crippen molar-refractivity contribution >= 4 is 0 Å². The largest absolute Gasteiger partial charge is 0.358 e. The van der Waals surface area contributed by atoms with E-state index in [0.29, 0.717) is 11.8 Å². The van der Waals surface area contributed by atoms with Crippen molar-refractivity contribution in [2.24, 2.45) is 11.8 Å². The molecule has 188 valence electrons. The van der Waals surface area contributed by atoms with Crippen molar-refractivity contribution in [2.75, 3.05) is 0 Å². The van der Waals surface area contributed by atoms with Gasteiger partial charge in [-0.3, -0.25) is 0 Å². The fourth-order valence-electron chi connectivity index (χ4n) is 5.18. The molecule has 6 atom stereocenters. The lowest BCUT2D eigenvalue weighted by Gasteiger charge is -2.34. The summed E-state index contributed by atoms with van der Waals surface area (Å²) in [5.74, 6) is 1.17. The van der Waals surface area contributed by atoms with Crippen LogP contribution >= 0.6 is 0 Å². The molecule has 0 aliphatic carbocycles. The summed E-state index contributed by atoms with van der Waals surface area (Å²) < 4.78 is 13.1. The average molecular weight is 458 g/mol. The van der Waals surface area contributed by atoms with Gasteiger partial charge < -0.3 is 9.47 Å². The van der Waals surface area contributed by atoms with Crippen molar-refractivity contribution in [3.05, 3.63) is 48.6 Å². The third-order valence-electron chi connectivity index (χ3n) is 8.15. The summed E-state index contributed by atoms with van der Waals surface area (Å²) in [4.78, 5) is 2.57. The second-order valence-electron chi connectivity index (χ2n) is 10.9. The van der Waals surface area contributed by atoms with E-state index >= 15 is 0 Å². The Bertz CT molecular complexity index is 639. The Labute approximate surface area is 205 Å². The zero-order valence-corrected chi connectivity index (χ0v) is 22.6. The Morgan fingerprint density at radius 1 is 0.848 bits per heavy atom. The maximum atomic E-state index is 6.53. The Kier molecular flexibility index (Phi) is 11.1. The Morgan fingerprint density at radius 2 is 1.24 bits per heavy atom. The van der Waals surface area contributed by atoms with Gasteiger partial charge in [0.2, 0.25) is 0 Å². The quantitative estimate of drug-likeness (QED) is 0.245. The van der Waals surface area contributed by atoms with Gasteiger partial charge in [0.25, 0.3) is 0 Å². The number of rotatable bonds is 14. The van der Waals surface area contributed by atoms with Crippen molar-refractivity contribution in [3.63, 3.8) is 0 Å². The molecule has 0 aromatic rings. The zero-order chi connectivity index (χ0) is 24.6. The summed E-state index contributed by atoms with van der Waals surface area (Å²) in [5, 5.41) is 0. The number of hydrogen-bond acceptors (Lipinski definition) is 3. The molecule has 0 aromatic heterocycles. The lowest BCUT2D eigenvalue weighted by atomic mass is 9.90. The molecule has 0 aromatic carbocycles. The minimum Gasteiger partial charge on any atom is -0.358 e. The van der Waals surface area contributed by atoms with Crippen LogP contribution in [0.3, 0.4) is 0 Å². The van der Waals surface area contributed by atoms with E-state index in [2.05, 4.69) is 78.7 Å². The molecule has 2 rings (SSSR count). The van der Waals surface area contributed by atoms with E-state index < -0.39 is 0 Å². The van der Waals surface area contributed by atoms with Gasteiger partial charge >= 0.3 is 0 Å². The van der Waals surface area contributed by atoms with Crippen LogP contribution in [0.4, 0.5) is 0 Å². The van der Waals surface area contributed by atoms with Crippen LogP contribution in [0.25, 0.3) is 0 Å². The molecule has 3 nitrogen and oxygen atoms in total. The highest BCUT2D eigenvalue weighted by molar-refractivity contribution is 5.09. The second kappa shape index (κ2) is 13.1. The molecule has 0 N–H and O–H groups in total. The van der Waals surface area contributed by atoms with Crippen LogP contribution in [0.1, 0.15) is 99.8 Å². The SMILES string of the molecule is C=CC(C)CC/C=C(\C)CCC1OC(C)C2(C)C(C)OC(CC/C(C)=C/CCC(C)C=C)N12. The van der Waals surface area contributed by atoms with Crippen molar-refractivity contribution < 1.29 is 9.47 Å². The van der Waals surface area contributed by atoms with Crippen LogP contribution in [0.2, 0.25) is 0 Å². The monoisotopic (exact) mass is 457 g/mol. The number of ether oxygens (including phenoxy) is 2. The van der Waals surface area contributed by atoms with Crippen LogP contribution in [-0.2, 0) is 9.47 Å². The molecule has 2 fully saturated rings. The van der Waals surface area contributed by atoms with Crippen LogP contribution in [0.15, 0.2) is 48.6 Å². The van der Waals surface area contributed by atoms with Crippen molar-refractivity contribution in [1.29, 1.82) is 0 Å². The molecule has 0 radical (unpaired) electrons. The van der Waals surface area contributed by atoms with E-state index in [1.807, 2.05) is 12.2 Å². The maximum Gasteiger partial charge on any atom is 0.113 e. The third kappa shape index (κ3) is 7.41.